The molecule has 0 amide bonds. The van der Waals surface area contributed by atoms with E-state index >= 15 is 0 Å². The molecule has 1 aromatic heterocycles. The van der Waals surface area contributed by atoms with Gasteiger partial charge in [-0.2, -0.15) is 9.97 Å². The van der Waals surface area contributed by atoms with Crippen molar-refractivity contribution in [1.82, 2.24) is 9.97 Å². The first-order chi connectivity index (χ1) is 8.63. The molecule has 0 radical (unpaired) electrons. The summed E-state index contributed by atoms with van der Waals surface area (Å²) in [7, 11) is 0. The van der Waals surface area contributed by atoms with Crippen LogP contribution in [0.5, 0.6) is 0 Å². The Kier molecular flexibility index (Phi) is 5.63. The average Bonchev–Trinajstić information content (AvgIpc) is 2.29. The number of thioether (sulfide) groups is 1. The van der Waals surface area contributed by atoms with E-state index in [4.69, 9.17) is 0 Å². The molecule has 2 N–H and O–H groups in total. The SMILES string of the molecule is CCNc1nc(SCC)nc(NCC)c1[N+](=O)[O-]. The van der Waals surface area contributed by atoms with Gasteiger partial charge in [0, 0.05) is 13.1 Å². The lowest BCUT2D eigenvalue weighted by molar-refractivity contribution is -0.383. The fourth-order valence-corrected chi connectivity index (χ4v) is 1.95. The molecule has 0 spiro atoms. The van der Waals surface area contributed by atoms with Crippen molar-refractivity contribution in [2.45, 2.75) is 25.9 Å². The van der Waals surface area contributed by atoms with Gasteiger partial charge in [-0.25, -0.2) is 0 Å². The standard InChI is InChI=1S/C10H17N5O2S/c1-4-11-8-7(15(16)17)9(12-5-2)14-10(13-8)18-6-3/h4-6H2,1-3H3,(H2,11,12,13,14). The second-order valence-corrected chi connectivity index (χ2v) is 4.53. The highest BCUT2D eigenvalue weighted by atomic mass is 32.2. The van der Waals surface area contributed by atoms with Crippen molar-refractivity contribution < 1.29 is 4.92 Å². The fourth-order valence-electron chi connectivity index (χ4n) is 1.38. The zero-order chi connectivity index (χ0) is 13.5. The van der Waals surface area contributed by atoms with Crippen LogP contribution in [-0.4, -0.2) is 33.7 Å². The molecule has 0 fully saturated rings. The zero-order valence-corrected chi connectivity index (χ0v) is 11.5. The molecular formula is C10H17N5O2S. The molecule has 18 heavy (non-hydrogen) atoms. The predicted octanol–water partition coefficient (Wildman–Crippen LogP) is 2.36. The summed E-state index contributed by atoms with van der Waals surface area (Å²) in [6.07, 6.45) is 0. The van der Waals surface area contributed by atoms with Crippen molar-refractivity contribution in [2.24, 2.45) is 0 Å². The molecule has 0 aliphatic carbocycles. The van der Waals surface area contributed by atoms with Gasteiger partial charge in [0.25, 0.3) is 0 Å². The highest BCUT2D eigenvalue weighted by Gasteiger charge is 2.24. The van der Waals surface area contributed by atoms with Gasteiger partial charge in [-0.05, 0) is 19.6 Å². The number of nitro groups is 1. The van der Waals surface area contributed by atoms with E-state index in [9.17, 15) is 10.1 Å². The third-order valence-corrected chi connectivity index (χ3v) is 2.74. The fraction of sp³-hybridized carbons (Fsp3) is 0.600. The molecule has 0 aromatic carbocycles. The van der Waals surface area contributed by atoms with Crippen molar-refractivity contribution in [3.8, 4) is 0 Å². The monoisotopic (exact) mass is 271 g/mol. The largest absolute Gasteiger partial charge is 0.364 e. The van der Waals surface area contributed by atoms with Crippen LogP contribution in [0.3, 0.4) is 0 Å². The van der Waals surface area contributed by atoms with Gasteiger partial charge in [-0.1, -0.05) is 18.7 Å². The van der Waals surface area contributed by atoms with Crippen LogP contribution in [-0.2, 0) is 0 Å². The molecule has 7 nitrogen and oxygen atoms in total. The van der Waals surface area contributed by atoms with Crippen molar-refractivity contribution in [1.29, 1.82) is 0 Å². The number of anilines is 2. The molecule has 0 atom stereocenters. The van der Waals surface area contributed by atoms with Crippen LogP contribution in [0.1, 0.15) is 20.8 Å². The van der Waals surface area contributed by atoms with E-state index in [1.807, 2.05) is 20.8 Å². The van der Waals surface area contributed by atoms with Crippen LogP contribution in [0, 0.1) is 10.1 Å². The molecule has 1 rings (SSSR count). The second-order valence-electron chi connectivity index (χ2n) is 3.30. The normalized spacial score (nSPS) is 10.2. The smallest absolute Gasteiger partial charge is 0.353 e. The molecule has 0 saturated heterocycles. The van der Waals surface area contributed by atoms with E-state index in [1.54, 1.807) is 0 Å². The first kappa shape index (κ1) is 14.5. The Bertz CT molecular complexity index is 400. The molecule has 1 aromatic rings. The van der Waals surface area contributed by atoms with Crippen molar-refractivity contribution in [3.63, 3.8) is 0 Å². The Morgan fingerprint density at radius 2 is 1.67 bits per heavy atom. The van der Waals surface area contributed by atoms with Gasteiger partial charge >= 0.3 is 5.69 Å². The van der Waals surface area contributed by atoms with Gasteiger partial charge in [0.15, 0.2) is 5.16 Å². The van der Waals surface area contributed by atoms with Gasteiger partial charge in [0.05, 0.1) is 4.92 Å². The summed E-state index contributed by atoms with van der Waals surface area (Å²) < 4.78 is 0. The highest BCUT2D eigenvalue weighted by Crippen LogP contribution is 2.32. The number of hydrogen-bond donors (Lipinski definition) is 2. The van der Waals surface area contributed by atoms with Crippen LogP contribution in [0.15, 0.2) is 5.16 Å². The van der Waals surface area contributed by atoms with Gasteiger partial charge in [-0.3, -0.25) is 10.1 Å². The summed E-state index contributed by atoms with van der Waals surface area (Å²) in [6, 6.07) is 0. The van der Waals surface area contributed by atoms with E-state index in [0.29, 0.717) is 18.2 Å². The second kappa shape index (κ2) is 7.00. The lowest BCUT2D eigenvalue weighted by Crippen LogP contribution is -2.10. The number of nitrogens with zero attached hydrogens (tertiary/aromatic N) is 3. The Morgan fingerprint density at radius 1 is 1.17 bits per heavy atom. The minimum atomic E-state index is -0.462. The van der Waals surface area contributed by atoms with Crippen LogP contribution in [0.4, 0.5) is 17.3 Å². The summed E-state index contributed by atoms with van der Waals surface area (Å²) in [5.41, 5.74) is -0.0980. The van der Waals surface area contributed by atoms with E-state index in [-0.39, 0.29) is 17.3 Å². The lowest BCUT2D eigenvalue weighted by Gasteiger charge is -2.10. The third kappa shape index (κ3) is 3.46. The van der Waals surface area contributed by atoms with Crippen LogP contribution in [0.2, 0.25) is 0 Å². The summed E-state index contributed by atoms with van der Waals surface area (Å²) in [5, 5.41) is 17.5. The zero-order valence-electron chi connectivity index (χ0n) is 10.7. The molecule has 0 aliphatic rings. The van der Waals surface area contributed by atoms with E-state index in [0.717, 1.165) is 5.75 Å². The third-order valence-electron chi connectivity index (χ3n) is 2.01. The highest BCUT2D eigenvalue weighted by molar-refractivity contribution is 7.99. The summed E-state index contributed by atoms with van der Waals surface area (Å²) in [5.74, 6) is 1.35. The maximum absolute atomic E-state index is 11.1. The molecule has 0 aliphatic heterocycles. The van der Waals surface area contributed by atoms with E-state index < -0.39 is 4.92 Å². The maximum atomic E-state index is 11.1. The lowest BCUT2D eigenvalue weighted by atomic mass is 10.4. The van der Waals surface area contributed by atoms with Crippen LogP contribution < -0.4 is 10.6 Å². The topological polar surface area (TPSA) is 93.0 Å². The van der Waals surface area contributed by atoms with Crippen LogP contribution >= 0.6 is 11.8 Å². The Hall–Kier alpha value is -1.57. The number of aromatic nitrogens is 2. The number of hydrogen-bond acceptors (Lipinski definition) is 7. The Balaban J connectivity index is 3.29. The molecule has 1 heterocycles. The molecule has 100 valence electrons. The van der Waals surface area contributed by atoms with Crippen molar-refractivity contribution in [3.05, 3.63) is 10.1 Å². The molecule has 0 bridgehead atoms. The maximum Gasteiger partial charge on any atom is 0.353 e. The van der Waals surface area contributed by atoms with Gasteiger partial charge in [0.2, 0.25) is 11.6 Å². The Labute approximate surface area is 110 Å². The summed E-state index contributed by atoms with van der Waals surface area (Å²) in [4.78, 5) is 19.0. The summed E-state index contributed by atoms with van der Waals surface area (Å²) >= 11 is 1.45. The number of rotatable bonds is 7. The molecule has 8 heteroatoms. The quantitative estimate of drug-likeness (QED) is 0.340. The molecule has 0 unspecified atom stereocenters. The number of nitrogens with one attached hydrogen (secondary N) is 2. The molecule has 0 saturated carbocycles. The van der Waals surface area contributed by atoms with E-state index in [1.165, 1.54) is 11.8 Å². The van der Waals surface area contributed by atoms with Crippen LogP contribution in [0.25, 0.3) is 0 Å². The summed E-state index contributed by atoms with van der Waals surface area (Å²) in [6.45, 7) is 6.85. The van der Waals surface area contributed by atoms with Crippen molar-refractivity contribution in [2.75, 3.05) is 29.5 Å². The first-order valence-electron chi connectivity index (χ1n) is 5.80. The molecular weight excluding hydrogens is 254 g/mol. The van der Waals surface area contributed by atoms with Gasteiger partial charge < -0.3 is 10.6 Å². The first-order valence-corrected chi connectivity index (χ1v) is 6.79. The minimum absolute atomic E-state index is 0.0980. The van der Waals surface area contributed by atoms with Gasteiger partial charge in [0.1, 0.15) is 0 Å². The Morgan fingerprint density at radius 3 is 2.00 bits per heavy atom. The van der Waals surface area contributed by atoms with Crippen molar-refractivity contribution >= 4 is 29.1 Å². The van der Waals surface area contributed by atoms with E-state index in [2.05, 4.69) is 20.6 Å². The minimum Gasteiger partial charge on any atom is -0.364 e. The average molecular weight is 271 g/mol. The van der Waals surface area contributed by atoms with Gasteiger partial charge in [-0.15, -0.1) is 0 Å². The predicted molar refractivity (Wildman–Crippen MR) is 73.4 cm³/mol.